The van der Waals surface area contributed by atoms with Crippen LogP contribution in [-0.4, -0.2) is 56.7 Å². The van der Waals surface area contributed by atoms with Crippen LogP contribution in [0.1, 0.15) is 32.6 Å². The molecule has 0 aliphatic carbocycles. The van der Waals surface area contributed by atoms with Gasteiger partial charge in [-0.2, -0.15) is 0 Å². The van der Waals surface area contributed by atoms with Crippen LogP contribution in [0.3, 0.4) is 0 Å². The van der Waals surface area contributed by atoms with E-state index in [4.69, 9.17) is 10.5 Å². The molecule has 1 aliphatic heterocycles. The monoisotopic (exact) mass is 271 g/mol. The van der Waals surface area contributed by atoms with E-state index in [1.54, 1.807) is 7.11 Å². The summed E-state index contributed by atoms with van der Waals surface area (Å²) in [7, 11) is 1.76. The number of ether oxygens (including phenoxy) is 1. The molecule has 5 heteroatoms. The van der Waals surface area contributed by atoms with Crippen LogP contribution in [0.25, 0.3) is 0 Å². The molecular formula is C14H29N3O2. The van der Waals surface area contributed by atoms with Gasteiger partial charge >= 0.3 is 0 Å². The first-order chi connectivity index (χ1) is 9.21. The molecule has 1 atom stereocenters. The Morgan fingerprint density at radius 1 is 1.47 bits per heavy atom. The molecule has 5 nitrogen and oxygen atoms in total. The number of nitrogens with zero attached hydrogens (tertiary/aromatic N) is 1. The molecule has 19 heavy (non-hydrogen) atoms. The Bertz CT molecular complexity index is 253. The normalized spacial score (nSPS) is 19.3. The average Bonchev–Trinajstić information content (AvgIpc) is 2.44. The molecule has 0 aromatic heterocycles. The summed E-state index contributed by atoms with van der Waals surface area (Å²) in [6.07, 6.45) is 3.77. The van der Waals surface area contributed by atoms with E-state index >= 15 is 0 Å². The van der Waals surface area contributed by atoms with Gasteiger partial charge in [-0.1, -0.05) is 6.92 Å². The van der Waals surface area contributed by atoms with E-state index in [1.165, 1.54) is 0 Å². The molecule has 1 unspecified atom stereocenters. The smallest absolute Gasteiger partial charge is 0.221 e. The van der Waals surface area contributed by atoms with Crippen molar-refractivity contribution in [2.24, 2.45) is 11.7 Å². The Hall–Kier alpha value is -0.650. The molecule has 1 heterocycles. The third-order valence-corrected chi connectivity index (χ3v) is 3.83. The lowest BCUT2D eigenvalue weighted by Crippen LogP contribution is -2.47. The topological polar surface area (TPSA) is 67.6 Å². The zero-order valence-corrected chi connectivity index (χ0v) is 12.4. The van der Waals surface area contributed by atoms with E-state index in [-0.39, 0.29) is 11.9 Å². The van der Waals surface area contributed by atoms with Gasteiger partial charge in [-0.05, 0) is 38.3 Å². The second-order valence-electron chi connectivity index (χ2n) is 5.38. The minimum Gasteiger partial charge on any atom is -0.384 e. The summed E-state index contributed by atoms with van der Waals surface area (Å²) in [6.45, 7) is 6.26. The van der Waals surface area contributed by atoms with Gasteiger partial charge in [0.15, 0.2) is 0 Å². The molecule has 0 spiro atoms. The minimum absolute atomic E-state index is 0.122. The summed E-state index contributed by atoms with van der Waals surface area (Å²) in [5.74, 6) is 0.782. The summed E-state index contributed by atoms with van der Waals surface area (Å²) in [6, 6.07) is 0.181. The van der Waals surface area contributed by atoms with Crippen molar-refractivity contribution in [3.63, 3.8) is 0 Å². The lowest BCUT2D eigenvalue weighted by molar-refractivity contribution is -0.122. The van der Waals surface area contributed by atoms with Crippen molar-refractivity contribution in [1.29, 1.82) is 0 Å². The highest BCUT2D eigenvalue weighted by Crippen LogP contribution is 2.19. The number of carbonyl (C=O) groups is 1. The zero-order valence-electron chi connectivity index (χ0n) is 12.4. The van der Waals surface area contributed by atoms with Crippen molar-refractivity contribution >= 4 is 5.91 Å². The van der Waals surface area contributed by atoms with Gasteiger partial charge in [-0.15, -0.1) is 0 Å². The number of hydrogen-bond donors (Lipinski definition) is 2. The fraction of sp³-hybridized carbons (Fsp3) is 0.929. The van der Waals surface area contributed by atoms with E-state index < -0.39 is 0 Å². The number of carbonyl (C=O) groups excluding carboxylic acids is 1. The third-order valence-electron chi connectivity index (χ3n) is 3.83. The van der Waals surface area contributed by atoms with Crippen molar-refractivity contribution in [3.05, 3.63) is 0 Å². The van der Waals surface area contributed by atoms with Crippen LogP contribution in [0.2, 0.25) is 0 Å². The highest BCUT2D eigenvalue weighted by atomic mass is 16.5. The van der Waals surface area contributed by atoms with E-state index in [0.717, 1.165) is 45.5 Å². The number of amides is 1. The molecular weight excluding hydrogens is 242 g/mol. The van der Waals surface area contributed by atoms with E-state index in [1.807, 2.05) is 0 Å². The first-order valence-corrected chi connectivity index (χ1v) is 7.41. The number of methoxy groups -OCH3 is 1. The van der Waals surface area contributed by atoms with E-state index in [2.05, 4.69) is 17.1 Å². The average molecular weight is 271 g/mol. The van der Waals surface area contributed by atoms with Crippen molar-refractivity contribution in [3.8, 4) is 0 Å². The van der Waals surface area contributed by atoms with Crippen LogP contribution in [-0.2, 0) is 9.53 Å². The molecule has 0 bridgehead atoms. The lowest BCUT2D eigenvalue weighted by atomic mass is 9.96. The van der Waals surface area contributed by atoms with Gasteiger partial charge < -0.3 is 15.8 Å². The summed E-state index contributed by atoms with van der Waals surface area (Å²) in [5, 5.41) is 2.92. The van der Waals surface area contributed by atoms with Crippen LogP contribution in [0.4, 0.5) is 0 Å². The van der Waals surface area contributed by atoms with Gasteiger partial charge in [0, 0.05) is 39.3 Å². The van der Waals surface area contributed by atoms with Crippen molar-refractivity contribution < 1.29 is 9.53 Å². The first kappa shape index (κ1) is 16.4. The van der Waals surface area contributed by atoms with Gasteiger partial charge in [0.2, 0.25) is 5.91 Å². The lowest BCUT2D eigenvalue weighted by Gasteiger charge is -2.36. The van der Waals surface area contributed by atoms with Crippen molar-refractivity contribution in [2.45, 2.75) is 38.6 Å². The maximum atomic E-state index is 11.8. The molecule has 112 valence electrons. The number of rotatable bonds is 8. The zero-order chi connectivity index (χ0) is 14.1. The molecule has 0 radical (unpaired) electrons. The molecule has 0 aromatic carbocycles. The van der Waals surface area contributed by atoms with Crippen LogP contribution >= 0.6 is 0 Å². The standard InChI is InChI=1S/C14H29N3O2/c1-3-6-16-14(18)9-13(10-15)17-7-4-12(5-8-17)11-19-2/h12-13H,3-11,15H2,1-2H3,(H,16,18). The quantitative estimate of drug-likeness (QED) is 0.678. The van der Waals surface area contributed by atoms with Gasteiger partial charge in [-0.25, -0.2) is 0 Å². The number of nitrogens with one attached hydrogen (secondary N) is 1. The molecule has 1 saturated heterocycles. The van der Waals surface area contributed by atoms with Crippen molar-refractivity contribution in [1.82, 2.24) is 10.2 Å². The molecule has 1 fully saturated rings. The number of hydrogen-bond acceptors (Lipinski definition) is 4. The van der Waals surface area contributed by atoms with Crippen LogP contribution in [0.5, 0.6) is 0 Å². The molecule has 0 aromatic rings. The van der Waals surface area contributed by atoms with Gasteiger partial charge in [-0.3, -0.25) is 9.69 Å². The fourth-order valence-corrected chi connectivity index (χ4v) is 2.63. The predicted octanol–water partition coefficient (Wildman–Crippen LogP) is 0.588. The number of likely N-dealkylation sites (tertiary alicyclic amines) is 1. The van der Waals surface area contributed by atoms with Gasteiger partial charge in [0.25, 0.3) is 0 Å². The SMILES string of the molecule is CCCNC(=O)CC(CN)N1CCC(COC)CC1. The van der Waals surface area contributed by atoms with Crippen LogP contribution in [0, 0.1) is 5.92 Å². The largest absolute Gasteiger partial charge is 0.384 e. The molecule has 0 saturated carbocycles. The fourth-order valence-electron chi connectivity index (χ4n) is 2.63. The Morgan fingerprint density at radius 3 is 2.68 bits per heavy atom. The molecule has 1 amide bonds. The Labute approximate surface area is 116 Å². The number of nitrogens with two attached hydrogens (primary N) is 1. The summed E-state index contributed by atoms with van der Waals surface area (Å²) in [5.41, 5.74) is 5.83. The molecule has 1 rings (SSSR count). The highest BCUT2D eigenvalue weighted by molar-refractivity contribution is 5.76. The predicted molar refractivity (Wildman–Crippen MR) is 76.9 cm³/mol. The number of piperidine rings is 1. The Balaban J connectivity index is 2.33. The Morgan fingerprint density at radius 2 is 2.16 bits per heavy atom. The first-order valence-electron chi connectivity index (χ1n) is 7.41. The summed E-state index contributed by atoms with van der Waals surface area (Å²) in [4.78, 5) is 14.1. The van der Waals surface area contributed by atoms with E-state index in [9.17, 15) is 4.79 Å². The second kappa shape index (κ2) is 9.28. The summed E-state index contributed by atoms with van der Waals surface area (Å²) < 4.78 is 5.20. The maximum absolute atomic E-state index is 11.8. The van der Waals surface area contributed by atoms with E-state index in [0.29, 0.717) is 18.9 Å². The van der Waals surface area contributed by atoms with Crippen molar-refractivity contribution in [2.75, 3.05) is 39.9 Å². The van der Waals surface area contributed by atoms with Crippen LogP contribution in [0.15, 0.2) is 0 Å². The van der Waals surface area contributed by atoms with Gasteiger partial charge in [0.05, 0.1) is 0 Å². The van der Waals surface area contributed by atoms with Gasteiger partial charge in [0.1, 0.15) is 0 Å². The molecule has 1 aliphatic rings. The summed E-state index contributed by atoms with van der Waals surface area (Å²) >= 11 is 0. The molecule has 3 N–H and O–H groups in total. The van der Waals surface area contributed by atoms with Crippen LogP contribution < -0.4 is 11.1 Å². The minimum atomic E-state index is 0.122. The maximum Gasteiger partial charge on any atom is 0.221 e. The third kappa shape index (κ3) is 5.89. The Kier molecular flexibility index (Phi) is 8.02. The second-order valence-corrected chi connectivity index (χ2v) is 5.38. The highest BCUT2D eigenvalue weighted by Gasteiger charge is 2.25.